The van der Waals surface area contributed by atoms with E-state index in [-0.39, 0.29) is 4.90 Å². The molecular weight excluding hydrogens is 332 g/mol. The molecule has 0 unspecified atom stereocenters. The van der Waals surface area contributed by atoms with Crippen LogP contribution in [0.25, 0.3) is 0 Å². The molecule has 1 aliphatic rings. The smallest absolute Gasteiger partial charge is 0.409 e. The summed E-state index contributed by atoms with van der Waals surface area (Å²) in [6, 6.07) is 7.91. The molecule has 7 nitrogen and oxygen atoms in total. The maximum atomic E-state index is 12.1. The van der Waals surface area contributed by atoms with E-state index >= 15 is 0 Å². The maximum absolute atomic E-state index is 12.1. The van der Waals surface area contributed by atoms with Gasteiger partial charge in [-0.1, -0.05) is 18.2 Å². The van der Waals surface area contributed by atoms with Gasteiger partial charge in [-0.05, 0) is 19.1 Å². The fraction of sp³-hybridized carbons (Fsp3) is 0.375. The fourth-order valence-corrected chi connectivity index (χ4v) is 3.26. The van der Waals surface area contributed by atoms with Crippen LogP contribution in [0.4, 0.5) is 4.79 Å². The number of piperazine rings is 1. The number of amides is 2. The fourth-order valence-electron chi connectivity index (χ4n) is 2.27. The van der Waals surface area contributed by atoms with Crippen LogP contribution in [0.2, 0.25) is 0 Å². The minimum atomic E-state index is -3.64. The second-order valence-corrected chi connectivity index (χ2v) is 7.01. The van der Waals surface area contributed by atoms with Crippen LogP contribution in [0.3, 0.4) is 0 Å². The molecule has 0 bridgehead atoms. The van der Waals surface area contributed by atoms with Crippen LogP contribution in [0, 0.1) is 0 Å². The van der Waals surface area contributed by atoms with Gasteiger partial charge in [0, 0.05) is 37.7 Å². The largest absolute Gasteiger partial charge is 0.450 e. The molecule has 8 heteroatoms. The highest BCUT2D eigenvalue weighted by atomic mass is 32.2. The first-order valence-electron chi connectivity index (χ1n) is 7.63. The highest BCUT2D eigenvalue weighted by molar-refractivity contribution is 7.94. The van der Waals surface area contributed by atoms with Gasteiger partial charge in [0.05, 0.1) is 11.5 Å². The van der Waals surface area contributed by atoms with Gasteiger partial charge in [0.25, 0.3) is 0 Å². The van der Waals surface area contributed by atoms with Gasteiger partial charge in [0.1, 0.15) is 0 Å². The van der Waals surface area contributed by atoms with Gasteiger partial charge < -0.3 is 14.5 Å². The number of hydrogen-bond donors (Lipinski definition) is 0. The normalized spacial score (nSPS) is 15.5. The Labute approximate surface area is 141 Å². The molecular formula is C16H20N2O5S. The average Bonchev–Trinajstić information content (AvgIpc) is 2.61. The Bertz CT molecular complexity index is 707. The van der Waals surface area contributed by atoms with Gasteiger partial charge in [-0.25, -0.2) is 13.2 Å². The Balaban J connectivity index is 1.93. The summed E-state index contributed by atoms with van der Waals surface area (Å²) in [5, 5.41) is 0.919. The highest BCUT2D eigenvalue weighted by Gasteiger charge is 2.24. The van der Waals surface area contributed by atoms with E-state index in [0.717, 1.165) is 11.5 Å². The molecule has 1 aliphatic heterocycles. The van der Waals surface area contributed by atoms with Crippen molar-refractivity contribution in [2.75, 3.05) is 32.8 Å². The van der Waals surface area contributed by atoms with E-state index in [9.17, 15) is 18.0 Å². The van der Waals surface area contributed by atoms with E-state index in [1.54, 1.807) is 25.1 Å². The van der Waals surface area contributed by atoms with E-state index in [4.69, 9.17) is 4.74 Å². The van der Waals surface area contributed by atoms with Crippen molar-refractivity contribution in [3.8, 4) is 0 Å². The summed E-state index contributed by atoms with van der Waals surface area (Å²) < 4.78 is 29.1. The second-order valence-electron chi connectivity index (χ2n) is 5.17. The molecule has 1 aromatic rings. The molecule has 0 radical (unpaired) electrons. The van der Waals surface area contributed by atoms with Crippen LogP contribution >= 0.6 is 0 Å². The van der Waals surface area contributed by atoms with Crippen molar-refractivity contribution in [3.05, 3.63) is 41.8 Å². The number of hydrogen-bond acceptors (Lipinski definition) is 5. The quantitative estimate of drug-likeness (QED) is 0.762. The molecule has 2 amide bonds. The van der Waals surface area contributed by atoms with Crippen molar-refractivity contribution in [2.24, 2.45) is 0 Å². The summed E-state index contributed by atoms with van der Waals surface area (Å²) >= 11 is 0. The Kier molecular flexibility index (Phi) is 5.97. The topological polar surface area (TPSA) is 84.0 Å². The van der Waals surface area contributed by atoms with Gasteiger partial charge in [0.2, 0.25) is 5.91 Å². The number of rotatable bonds is 4. The highest BCUT2D eigenvalue weighted by Crippen LogP contribution is 2.12. The summed E-state index contributed by atoms with van der Waals surface area (Å²) in [4.78, 5) is 26.9. The first kappa shape index (κ1) is 18.0. The lowest BCUT2D eigenvalue weighted by Gasteiger charge is -2.33. The molecule has 0 atom stereocenters. The van der Waals surface area contributed by atoms with Crippen molar-refractivity contribution >= 4 is 21.8 Å². The lowest BCUT2D eigenvalue weighted by molar-refractivity contribution is -0.127. The molecule has 1 aromatic carbocycles. The molecule has 0 spiro atoms. The third kappa shape index (κ3) is 4.58. The van der Waals surface area contributed by atoms with E-state index < -0.39 is 21.8 Å². The molecule has 0 N–H and O–H groups in total. The Morgan fingerprint density at radius 2 is 1.67 bits per heavy atom. The summed E-state index contributed by atoms with van der Waals surface area (Å²) in [7, 11) is -3.64. The number of sulfone groups is 1. The van der Waals surface area contributed by atoms with E-state index in [2.05, 4.69) is 0 Å². The number of ether oxygens (including phenoxy) is 1. The standard InChI is InChI=1S/C16H20N2O5S/c1-2-23-16(20)18-11-9-17(10-12-18)15(19)8-13-24(21,22)14-6-4-3-5-7-14/h3-8,13H,2,9-12H2,1H3/b13-8+. The molecule has 130 valence electrons. The SMILES string of the molecule is CCOC(=O)N1CCN(C(=O)/C=C/S(=O)(=O)c2ccccc2)CC1. The zero-order valence-electron chi connectivity index (χ0n) is 13.4. The molecule has 24 heavy (non-hydrogen) atoms. The van der Waals surface area contributed by atoms with Gasteiger partial charge in [-0.3, -0.25) is 4.79 Å². The van der Waals surface area contributed by atoms with Crippen molar-refractivity contribution in [1.82, 2.24) is 9.80 Å². The Morgan fingerprint density at radius 1 is 1.08 bits per heavy atom. The third-order valence-corrected chi connectivity index (χ3v) is 5.00. The van der Waals surface area contributed by atoms with Crippen LogP contribution in [-0.2, 0) is 19.4 Å². The number of carbonyl (C=O) groups excluding carboxylic acids is 2. The van der Waals surface area contributed by atoms with E-state index in [1.165, 1.54) is 21.9 Å². The number of carbonyl (C=O) groups is 2. The van der Waals surface area contributed by atoms with Gasteiger partial charge in [0.15, 0.2) is 9.84 Å². The lowest BCUT2D eigenvalue weighted by atomic mass is 10.3. The van der Waals surface area contributed by atoms with E-state index in [0.29, 0.717) is 32.8 Å². The Hall–Kier alpha value is -2.35. The molecule has 0 aliphatic carbocycles. The summed E-state index contributed by atoms with van der Waals surface area (Å²) in [5.41, 5.74) is 0. The van der Waals surface area contributed by atoms with Gasteiger partial charge >= 0.3 is 6.09 Å². The number of benzene rings is 1. The molecule has 0 aromatic heterocycles. The number of nitrogens with zero attached hydrogens (tertiary/aromatic N) is 2. The molecule has 1 fully saturated rings. The van der Waals surface area contributed by atoms with Crippen molar-refractivity contribution < 1.29 is 22.7 Å². The molecule has 1 saturated heterocycles. The first-order chi connectivity index (χ1) is 11.4. The zero-order valence-corrected chi connectivity index (χ0v) is 14.2. The summed E-state index contributed by atoms with van der Waals surface area (Å²) in [5.74, 6) is -0.391. The van der Waals surface area contributed by atoms with Crippen LogP contribution in [0.15, 0.2) is 46.7 Å². The lowest BCUT2D eigenvalue weighted by Crippen LogP contribution is -2.50. The third-order valence-electron chi connectivity index (χ3n) is 3.58. The van der Waals surface area contributed by atoms with E-state index in [1.807, 2.05) is 0 Å². The van der Waals surface area contributed by atoms with Gasteiger partial charge in [-0.2, -0.15) is 0 Å². The van der Waals surface area contributed by atoms with Gasteiger partial charge in [-0.15, -0.1) is 0 Å². The summed E-state index contributed by atoms with van der Waals surface area (Å²) in [6.45, 7) is 3.45. The predicted octanol–water partition coefficient (Wildman–Crippen LogP) is 1.27. The Morgan fingerprint density at radius 3 is 2.25 bits per heavy atom. The van der Waals surface area contributed by atoms with Crippen molar-refractivity contribution in [3.63, 3.8) is 0 Å². The molecule has 0 saturated carbocycles. The van der Waals surface area contributed by atoms with Crippen molar-refractivity contribution in [1.29, 1.82) is 0 Å². The van der Waals surface area contributed by atoms with Crippen LogP contribution in [-0.4, -0.2) is 63.0 Å². The monoisotopic (exact) mass is 352 g/mol. The van der Waals surface area contributed by atoms with Crippen LogP contribution < -0.4 is 0 Å². The summed E-state index contributed by atoms with van der Waals surface area (Å²) in [6.07, 6.45) is 0.661. The predicted molar refractivity (Wildman–Crippen MR) is 87.9 cm³/mol. The zero-order chi connectivity index (χ0) is 17.6. The van der Waals surface area contributed by atoms with Crippen molar-refractivity contribution in [2.45, 2.75) is 11.8 Å². The molecule has 1 heterocycles. The minimum Gasteiger partial charge on any atom is -0.450 e. The first-order valence-corrected chi connectivity index (χ1v) is 9.17. The minimum absolute atomic E-state index is 0.140. The maximum Gasteiger partial charge on any atom is 0.409 e. The van der Waals surface area contributed by atoms with Crippen LogP contribution in [0.1, 0.15) is 6.92 Å². The average molecular weight is 352 g/mol. The second kappa shape index (κ2) is 7.96. The molecule has 2 rings (SSSR count). The van der Waals surface area contributed by atoms with Crippen LogP contribution in [0.5, 0.6) is 0 Å².